The Morgan fingerprint density at radius 2 is 1.95 bits per heavy atom. The van der Waals surface area contributed by atoms with Gasteiger partial charge in [0.2, 0.25) is 11.8 Å². The van der Waals surface area contributed by atoms with E-state index in [-0.39, 0.29) is 23.1 Å². The van der Waals surface area contributed by atoms with Crippen molar-refractivity contribution in [1.82, 2.24) is 10.2 Å². The van der Waals surface area contributed by atoms with E-state index in [9.17, 15) is 9.59 Å². The summed E-state index contributed by atoms with van der Waals surface area (Å²) >= 11 is 0. The van der Waals surface area contributed by atoms with E-state index in [4.69, 9.17) is 0 Å². The molecule has 0 radical (unpaired) electrons. The van der Waals surface area contributed by atoms with Crippen LogP contribution in [-0.2, 0) is 9.59 Å². The second-order valence-electron chi connectivity index (χ2n) is 6.98. The smallest absolute Gasteiger partial charge is 0.230 e. The second kappa shape index (κ2) is 6.25. The summed E-state index contributed by atoms with van der Waals surface area (Å²) in [6.07, 6.45) is 4.58. The average Bonchev–Trinajstić information content (AvgIpc) is 2.37. The Labute approximate surface area is 122 Å². The second-order valence-corrected chi connectivity index (χ2v) is 6.98. The quantitative estimate of drug-likeness (QED) is 0.803. The lowest BCUT2D eigenvalue weighted by Crippen LogP contribution is -2.56. The van der Waals surface area contributed by atoms with Gasteiger partial charge >= 0.3 is 0 Å². The van der Waals surface area contributed by atoms with Gasteiger partial charge in [-0.25, -0.2) is 0 Å². The van der Waals surface area contributed by atoms with Crippen LogP contribution < -0.4 is 5.32 Å². The molecule has 2 heterocycles. The zero-order chi connectivity index (χ0) is 14.8. The standard InChI is InChI=1S/C16H28N2O2/c1-4-7-18-8-5-16(6-9-18)11-14(19)17-15(20)13(16)10-12(2)3/h12-13H,4-11H2,1-3H3,(H,17,19,20). The predicted molar refractivity (Wildman–Crippen MR) is 79.1 cm³/mol. The zero-order valence-electron chi connectivity index (χ0n) is 13.1. The number of likely N-dealkylation sites (tertiary alicyclic amines) is 1. The first kappa shape index (κ1) is 15.5. The highest BCUT2D eigenvalue weighted by molar-refractivity contribution is 5.99. The molecule has 2 aliphatic heterocycles. The molecular formula is C16H28N2O2. The molecule has 2 saturated heterocycles. The van der Waals surface area contributed by atoms with Gasteiger partial charge in [-0.05, 0) is 56.7 Å². The number of carbonyl (C=O) groups is 2. The number of nitrogens with zero attached hydrogens (tertiary/aromatic N) is 1. The lowest BCUT2D eigenvalue weighted by atomic mass is 9.62. The third-order valence-corrected chi connectivity index (χ3v) is 4.93. The third kappa shape index (κ3) is 3.22. The monoisotopic (exact) mass is 280 g/mol. The van der Waals surface area contributed by atoms with E-state index in [0.717, 1.165) is 38.9 Å². The van der Waals surface area contributed by atoms with Gasteiger partial charge in [-0.3, -0.25) is 14.9 Å². The van der Waals surface area contributed by atoms with Gasteiger partial charge in [0.1, 0.15) is 0 Å². The van der Waals surface area contributed by atoms with Gasteiger partial charge in [0, 0.05) is 12.3 Å². The molecule has 1 spiro atoms. The molecule has 2 fully saturated rings. The summed E-state index contributed by atoms with van der Waals surface area (Å²) in [5.74, 6) is 0.409. The molecule has 0 saturated carbocycles. The molecule has 1 unspecified atom stereocenters. The van der Waals surface area contributed by atoms with Crippen molar-refractivity contribution in [2.45, 2.75) is 52.9 Å². The summed E-state index contributed by atoms with van der Waals surface area (Å²) in [6.45, 7) is 9.70. The van der Waals surface area contributed by atoms with Gasteiger partial charge in [0.15, 0.2) is 0 Å². The van der Waals surface area contributed by atoms with Crippen molar-refractivity contribution in [2.75, 3.05) is 19.6 Å². The van der Waals surface area contributed by atoms with Gasteiger partial charge in [-0.2, -0.15) is 0 Å². The van der Waals surface area contributed by atoms with Crippen LogP contribution in [0.2, 0.25) is 0 Å². The Morgan fingerprint density at radius 3 is 2.50 bits per heavy atom. The molecule has 1 atom stereocenters. The summed E-state index contributed by atoms with van der Waals surface area (Å²) in [7, 11) is 0. The van der Waals surface area contributed by atoms with E-state index >= 15 is 0 Å². The fraction of sp³-hybridized carbons (Fsp3) is 0.875. The van der Waals surface area contributed by atoms with Crippen LogP contribution in [0.3, 0.4) is 0 Å². The molecule has 0 aromatic heterocycles. The molecule has 1 N–H and O–H groups in total. The number of nitrogens with one attached hydrogen (secondary N) is 1. The van der Waals surface area contributed by atoms with E-state index in [1.54, 1.807) is 0 Å². The van der Waals surface area contributed by atoms with Crippen LogP contribution in [0.1, 0.15) is 52.9 Å². The van der Waals surface area contributed by atoms with E-state index in [1.165, 1.54) is 6.42 Å². The average molecular weight is 280 g/mol. The summed E-state index contributed by atoms with van der Waals surface area (Å²) in [6, 6.07) is 0. The summed E-state index contributed by atoms with van der Waals surface area (Å²) < 4.78 is 0. The van der Waals surface area contributed by atoms with Crippen molar-refractivity contribution in [1.29, 1.82) is 0 Å². The van der Waals surface area contributed by atoms with Crippen LogP contribution in [0.4, 0.5) is 0 Å². The molecule has 2 aliphatic rings. The topological polar surface area (TPSA) is 49.4 Å². The van der Waals surface area contributed by atoms with Crippen molar-refractivity contribution in [3.63, 3.8) is 0 Å². The summed E-state index contributed by atoms with van der Waals surface area (Å²) in [5, 5.41) is 2.55. The number of hydrogen-bond donors (Lipinski definition) is 1. The Balaban J connectivity index is 2.12. The Hall–Kier alpha value is -0.900. The van der Waals surface area contributed by atoms with Gasteiger partial charge in [0.05, 0.1) is 0 Å². The maximum Gasteiger partial charge on any atom is 0.230 e. The molecular weight excluding hydrogens is 252 g/mol. The Kier molecular flexibility index (Phi) is 4.84. The number of amides is 2. The van der Waals surface area contributed by atoms with Gasteiger partial charge < -0.3 is 4.90 Å². The van der Waals surface area contributed by atoms with Crippen molar-refractivity contribution in [2.24, 2.45) is 17.3 Å². The number of rotatable bonds is 4. The molecule has 114 valence electrons. The first-order chi connectivity index (χ1) is 9.47. The molecule has 0 aliphatic carbocycles. The number of hydrogen-bond acceptors (Lipinski definition) is 3. The van der Waals surface area contributed by atoms with Crippen LogP contribution >= 0.6 is 0 Å². The summed E-state index contributed by atoms with van der Waals surface area (Å²) in [4.78, 5) is 26.6. The SMILES string of the molecule is CCCN1CCC2(CC1)CC(=O)NC(=O)C2CC(C)C. The number of carbonyl (C=O) groups excluding carboxylic acids is 2. The lowest BCUT2D eigenvalue weighted by molar-refractivity contribution is -0.147. The Morgan fingerprint density at radius 1 is 1.30 bits per heavy atom. The third-order valence-electron chi connectivity index (χ3n) is 4.93. The van der Waals surface area contributed by atoms with Gasteiger partial charge in [0.25, 0.3) is 0 Å². The molecule has 0 aromatic carbocycles. The van der Waals surface area contributed by atoms with Crippen molar-refractivity contribution in [3.05, 3.63) is 0 Å². The largest absolute Gasteiger partial charge is 0.303 e. The maximum atomic E-state index is 12.3. The van der Waals surface area contributed by atoms with Crippen LogP contribution in [0, 0.1) is 17.3 Å². The molecule has 20 heavy (non-hydrogen) atoms. The van der Waals surface area contributed by atoms with Crippen LogP contribution in [0.15, 0.2) is 0 Å². The predicted octanol–water partition coefficient (Wildman–Crippen LogP) is 2.19. The minimum absolute atomic E-state index is 0.0176. The van der Waals surface area contributed by atoms with Crippen LogP contribution in [-0.4, -0.2) is 36.3 Å². The normalized spacial score (nSPS) is 27.1. The summed E-state index contributed by atoms with van der Waals surface area (Å²) in [5.41, 5.74) is -0.0755. The first-order valence-corrected chi connectivity index (χ1v) is 8.03. The molecule has 0 aromatic rings. The van der Waals surface area contributed by atoms with E-state index < -0.39 is 0 Å². The lowest BCUT2D eigenvalue weighted by Gasteiger charge is -2.48. The highest BCUT2D eigenvalue weighted by Crippen LogP contribution is 2.46. The molecule has 4 heteroatoms. The number of imide groups is 1. The van der Waals surface area contributed by atoms with Crippen molar-refractivity contribution >= 4 is 11.8 Å². The minimum Gasteiger partial charge on any atom is -0.303 e. The van der Waals surface area contributed by atoms with Crippen molar-refractivity contribution in [3.8, 4) is 0 Å². The highest BCUT2D eigenvalue weighted by Gasteiger charge is 2.49. The molecule has 2 rings (SSSR count). The molecule has 2 amide bonds. The van der Waals surface area contributed by atoms with Crippen LogP contribution in [0.25, 0.3) is 0 Å². The minimum atomic E-state index is -0.0755. The van der Waals surface area contributed by atoms with Gasteiger partial charge in [-0.1, -0.05) is 20.8 Å². The maximum absolute atomic E-state index is 12.3. The zero-order valence-corrected chi connectivity index (χ0v) is 13.1. The van der Waals surface area contributed by atoms with E-state index in [2.05, 4.69) is 31.0 Å². The molecule has 4 nitrogen and oxygen atoms in total. The Bertz CT molecular complexity index is 371. The fourth-order valence-electron chi connectivity index (χ4n) is 3.88. The van der Waals surface area contributed by atoms with Gasteiger partial charge in [-0.15, -0.1) is 0 Å². The number of piperidine rings is 2. The van der Waals surface area contributed by atoms with E-state index in [0.29, 0.717) is 12.3 Å². The van der Waals surface area contributed by atoms with Crippen molar-refractivity contribution < 1.29 is 9.59 Å². The first-order valence-electron chi connectivity index (χ1n) is 8.03. The fourth-order valence-corrected chi connectivity index (χ4v) is 3.88. The van der Waals surface area contributed by atoms with E-state index in [1.807, 2.05) is 0 Å². The highest BCUT2D eigenvalue weighted by atomic mass is 16.2. The van der Waals surface area contributed by atoms with Crippen LogP contribution in [0.5, 0.6) is 0 Å². The molecule has 0 bridgehead atoms.